The first-order valence-corrected chi connectivity index (χ1v) is 10.3. The van der Waals surface area contributed by atoms with Crippen molar-refractivity contribution in [2.45, 2.75) is 45.6 Å². The second-order valence-electron chi connectivity index (χ2n) is 6.20. The summed E-state index contributed by atoms with van der Waals surface area (Å²) in [5, 5.41) is 25.2. The molecule has 0 aliphatic carbocycles. The average molecular weight is 419 g/mol. The van der Waals surface area contributed by atoms with Gasteiger partial charge in [0.25, 0.3) is 0 Å². The Morgan fingerprint density at radius 1 is 0.828 bits per heavy atom. The largest absolute Gasteiger partial charge is 0.491 e. The van der Waals surface area contributed by atoms with E-state index in [1.165, 1.54) is 19.3 Å². The molecule has 0 aliphatic heterocycles. The molecule has 1 rings (SSSR count). The minimum absolute atomic E-state index is 0.0644. The Labute approximate surface area is 176 Å². The summed E-state index contributed by atoms with van der Waals surface area (Å²) in [7, 11) is 1.56. The zero-order chi connectivity index (χ0) is 22.0. The van der Waals surface area contributed by atoms with Crippen molar-refractivity contribution < 1.29 is 34.3 Å². The summed E-state index contributed by atoms with van der Waals surface area (Å²) in [4.78, 5) is 0. The zero-order valence-electron chi connectivity index (χ0n) is 18.4. The number of aliphatic hydroxyl groups excluding tert-OH is 3. The molecular weight excluding hydrogens is 376 g/mol. The highest BCUT2D eigenvalue weighted by Crippen LogP contribution is 2.07. The van der Waals surface area contributed by atoms with E-state index >= 15 is 0 Å². The van der Waals surface area contributed by atoms with Crippen LogP contribution in [0.15, 0.2) is 30.3 Å². The number of ether oxygens (including phenoxy) is 4. The molecule has 1 unspecified atom stereocenters. The Morgan fingerprint density at radius 2 is 1.45 bits per heavy atom. The zero-order valence-corrected chi connectivity index (χ0v) is 18.4. The van der Waals surface area contributed by atoms with Crippen LogP contribution in [0.2, 0.25) is 0 Å². The fraction of sp³-hybridized carbons (Fsp3) is 0.727. The summed E-state index contributed by atoms with van der Waals surface area (Å²) in [6.45, 7) is 7.32. The van der Waals surface area contributed by atoms with E-state index in [9.17, 15) is 0 Å². The van der Waals surface area contributed by atoms with Gasteiger partial charge in [-0.2, -0.15) is 0 Å². The van der Waals surface area contributed by atoms with E-state index in [-0.39, 0.29) is 19.3 Å². The molecule has 7 nitrogen and oxygen atoms in total. The number of aliphatic hydroxyl groups is 3. The lowest BCUT2D eigenvalue weighted by atomic mass is 10.2. The summed E-state index contributed by atoms with van der Waals surface area (Å²) in [5.41, 5.74) is 0. The van der Waals surface area contributed by atoms with Crippen molar-refractivity contribution in [1.82, 2.24) is 0 Å². The molecule has 7 heteroatoms. The molecule has 1 atom stereocenters. The molecule has 0 bridgehead atoms. The van der Waals surface area contributed by atoms with Gasteiger partial charge in [-0.1, -0.05) is 44.4 Å². The Hall–Kier alpha value is -1.22. The molecule has 0 spiro atoms. The molecule has 0 fully saturated rings. The lowest BCUT2D eigenvalue weighted by Crippen LogP contribution is -2.07. The fourth-order valence-corrected chi connectivity index (χ4v) is 1.94. The first kappa shape index (κ1) is 30.0. The van der Waals surface area contributed by atoms with E-state index in [0.29, 0.717) is 33.0 Å². The van der Waals surface area contributed by atoms with Crippen molar-refractivity contribution in [3.05, 3.63) is 30.3 Å². The van der Waals surface area contributed by atoms with Gasteiger partial charge in [-0.3, -0.25) is 0 Å². The van der Waals surface area contributed by atoms with Gasteiger partial charge < -0.3 is 34.3 Å². The molecule has 0 saturated heterocycles. The van der Waals surface area contributed by atoms with Crippen LogP contribution in [-0.2, 0) is 14.2 Å². The van der Waals surface area contributed by atoms with Crippen molar-refractivity contribution in [2.75, 3.05) is 60.0 Å². The Kier molecular flexibility index (Phi) is 27.7. The van der Waals surface area contributed by atoms with Crippen LogP contribution in [0, 0.1) is 0 Å². The highest BCUT2D eigenvalue weighted by molar-refractivity contribution is 5.20. The van der Waals surface area contributed by atoms with Crippen molar-refractivity contribution in [3.63, 3.8) is 0 Å². The summed E-state index contributed by atoms with van der Waals surface area (Å²) in [6.07, 6.45) is 4.64. The Balaban J connectivity index is 0. The third-order valence-electron chi connectivity index (χ3n) is 3.26. The molecule has 0 saturated carbocycles. The van der Waals surface area contributed by atoms with Crippen LogP contribution < -0.4 is 4.74 Å². The van der Waals surface area contributed by atoms with Crippen LogP contribution >= 0.6 is 0 Å². The number of hydrogen-bond acceptors (Lipinski definition) is 7. The van der Waals surface area contributed by atoms with Crippen LogP contribution in [0.3, 0.4) is 0 Å². The number of rotatable bonds is 15. The molecule has 29 heavy (non-hydrogen) atoms. The molecule has 1 aromatic carbocycles. The smallest absolute Gasteiger partial charge is 0.119 e. The summed E-state index contributed by atoms with van der Waals surface area (Å²) < 4.78 is 20.0. The first-order chi connectivity index (χ1) is 14.1. The normalized spacial score (nSPS) is 11.0. The quantitative estimate of drug-likeness (QED) is 0.377. The van der Waals surface area contributed by atoms with Gasteiger partial charge in [-0.15, -0.1) is 0 Å². The van der Waals surface area contributed by atoms with Gasteiger partial charge in [0.15, 0.2) is 0 Å². The van der Waals surface area contributed by atoms with Gasteiger partial charge >= 0.3 is 0 Å². The van der Waals surface area contributed by atoms with E-state index in [1.54, 1.807) is 14.0 Å². The molecular formula is C22H42O7. The minimum atomic E-state index is -0.324. The highest BCUT2D eigenvalue weighted by Gasteiger charge is 1.90. The lowest BCUT2D eigenvalue weighted by Gasteiger charge is -2.04. The van der Waals surface area contributed by atoms with E-state index in [2.05, 4.69) is 11.7 Å². The third kappa shape index (κ3) is 29.1. The van der Waals surface area contributed by atoms with E-state index in [1.807, 2.05) is 30.3 Å². The third-order valence-corrected chi connectivity index (χ3v) is 3.26. The molecule has 0 aliphatic rings. The molecule has 3 N–H and O–H groups in total. The average Bonchev–Trinajstić information content (AvgIpc) is 2.73. The fourth-order valence-electron chi connectivity index (χ4n) is 1.94. The minimum Gasteiger partial charge on any atom is -0.491 e. The van der Waals surface area contributed by atoms with Crippen molar-refractivity contribution in [1.29, 1.82) is 0 Å². The standard InChI is InChI=1S/C10H22O3.C8H10O2.C4H10O2/c1-2-3-4-5-7-12-9-10-13-8-6-11;9-6-7-10-8-4-2-1-3-5-8;1-4(5)3-6-2/h11H,2-10H2,1H3;1-5,9H,6-7H2;4-5H,3H2,1-2H3. The Morgan fingerprint density at radius 3 is 1.93 bits per heavy atom. The monoisotopic (exact) mass is 418 g/mol. The van der Waals surface area contributed by atoms with E-state index in [0.717, 1.165) is 18.8 Å². The second kappa shape index (κ2) is 26.8. The molecule has 0 radical (unpaired) electrons. The van der Waals surface area contributed by atoms with Gasteiger partial charge in [0.2, 0.25) is 0 Å². The van der Waals surface area contributed by atoms with Gasteiger partial charge in [-0.25, -0.2) is 0 Å². The van der Waals surface area contributed by atoms with Gasteiger partial charge in [0.05, 0.1) is 45.7 Å². The SMILES string of the molecule is CCCCCCOCCOCCO.COCC(C)O.OCCOc1ccccc1. The van der Waals surface area contributed by atoms with Gasteiger partial charge in [-0.05, 0) is 25.5 Å². The van der Waals surface area contributed by atoms with Crippen molar-refractivity contribution in [3.8, 4) is 5.75 Å². The number of benzene rings is 1. The lowest BCUT2D eigenvalue weighted by molar-refractivity contribution is 0.0321. The molecule has 0 heterocycles. The molecule has 0 amide bonds. The van der Waals surface area contributed by atoms with Crippen LogP contribution in [0.1, 0.15) is 39.5 Å². The van der Waals surface area contributed by atoms with E-state index < -0.39 is 0 Å². The topological polar surface area (TPSA) is 97.6 Å². The second-order valence-corrected chi connectivity index (χ2v) is 6.20. The molecule has 1 aromatic rings. The number of para-hydroxylation sites is 1. The van der Waals surface area contributed by atoms with Crippen LogP contribution in [0.4, 0.5) is 0 Å². The highest BCUT2D eigenvalue weighted by atomic mass is 16.5. The predicted octanol–water partition coefficient (Wildman–Crippen LogP) is 2.66. The van der Waals surface area contributed by atoms with Crippen LogP contribution in [-0.4, -0.2) is 81.4 Å². The molecule has 0 aromatic heterocycles. The summed E-state index contributed by atoms with van der Waals surface area (Å²) in [5.74, 6) is 0.802. The van der Waals surface area contributed by atoms with Crippen molar-refractivity contribution in [2.24, 2.45) is 0 Å². The number of unbranched alkanes of at least 4 members (excludes halogenated alkanes) is 3. The number of hydrogen-bond donors (Lipinski definition) is 3. The maximum atomic E-state index is 8.43. The molecule has 172 valence electrons. The summed E-state index contributed by atoms with van der Waals surface area (Å²) in [6, 6.07) is 9.43. The predicted molar refractivity (Wildman–Crippen MR) is 115 cm³/mol. The number of methoxy groups -OCH3 is 1. The van der Waals surface area contributed by atoms with Crippen LogP contribution in [0.5, 0.6) is 5.75 Å². The maximum Gasteiger partial charge on any atom is 0.119 e. The van der Waals surface area contributed by atoms with Crippen LogP contribution in [0.25, 0.3) is 0 Å². The maximum absolute atomic E-state index is 8.43. The first-order valence-electron chi connectivity index (χ1n) is 10.3. The summed E-state index contributed by atoms with van der Waals surface area (Å²) >= 11 is 0. The van der Waals surface area contributed by atoms with Crippen molar-refractivity contribution >= 4 is 0 Å². The van der Waals surface area contributed by atoms with Gasteiger partial charge in [0, 0.05) is 13.7 Å². The van der Waals surface area contributed by atoms with Gasteiger partial charge in [0.1, 0.15) is 12.4 Å². The van der Waals surface area contributed by atoms with E-state index in [4.69, 9.17) is 29.5 Å². The Bertz CT molecular complexity index is 378.